The smallest absolute Gasteiger partial charge is 0.132 e. The summed E-state index contributed by atoms with van der Waals surface area (Å²) in [7, 11) is 0. The van der Waals surface area contributed by atoms with Gasteiger partial charge in [0.1, 0.15) is 5.78 Å². The van der Waals surface area contributed by atoms with Crippen molar-refractivity contribution in [2.45, 2.75) is 130 Å². The molecule has 0 aliphatic heterocycles. The minimum atomic E-state index is -0.278. The zero-order chi connectivity index (χ0) is 28.9. The van der Waals surface area contributed by atoms with Crippen LogP contribution < -0.4 is 16.4 Å². The number of ketones is 1. The maximum Gasteiger partial charge on any atom is 0.132 e. The summed E-state index contributed by atoms with van der Waals surface area (Å²) in [6.45, 7) is 15.4. The lowest BCUT2D eigenvalue weighted by atomic mass is 9.46. The van der Waals surface area contributed by atoms with Gasteiger partial charge in [0.15, 0.2) is 0 Å². The van der Waals surface area contributed by atoms with Crippen LogP contribution in [0.25, 0.3) is 0 Å². The molecule has 0 saturated heterocycles. The Balaban J connectivity index is 1.32. The van der Waals surface area contributed by atoms with Gasteiger partial charge in [-0.3, -0.25) is 4.79 Å². The third kappa shape index (κ3) is 6.90. The quantitative estimate of drug-likeness (QED) is 0.141. The average molecular weight is 558 g/mol. The van der Waals surface area contributed by atoms with Crippen molar-refractivity contribution in [1.82, 2.24) is 10.6 Å². The predicted octanol–water partition coefficient (Wildman–Crippen LogP) is 6.24. The number of rotatable bonds is 15. The second-order valence-electron chi connectivity index (χ2n) is 15.0. The van der Waals surface area contributed by atoms with Gasteiger partial charge in [0.25, 0.3) is 0 Å². The molecule has 0 aromatic heterocycles. The molecule has 3 fully saturated rings. The van der Waals surface area contributed by atoms with Gasteiger partial charge in [-0.15, -0.1) is 0 Å². The third-order valence-corrected chi connectivity index (χ3v) is 12.7. The number of Topliss-reactive ketones (excluding diaryl/α,β-unsaturated/α-hetero) is 1. The molecule has 0 aromatic rings. The van der Waals surface area contributed by atoms with Crippen molar-refractivity contribution < 1.29 is 9.90 Å². The Morgan fingerprint density at radius 3 is 2.52 bits per heavy atom. The lowest BCUT2D eigenvalue weighted by molar-refractivity contribution is -0.120. The van der Waals surface area contributed by atoms with Crippen molar-refractivity contribution in [2.75, 3.05) is 26.2 Å². The van der Waals surface area contributed by atoms with E-state index in [0.29, 0.717) is 40.9 Å². The Labute approximate surface area is 246 Å². The lowest BCUT2D eigenvalue weighted by Gasteiger charge is -2.59. The summed E-state index contributed by atoms with van der Waals surface area (Å²) >= 11 is 0. The fourth-order valence-corrected chi connectivity index (χ4v) is 9.99. The maximum absolute atomic E-state index is 11.7. The number of carbonyl (C=O) groups excluding carboxylic acids is 1. The first-order chi connectivity index (χ1) is 19.1. The molecule has 5 nitrogen and oxygen atoms in total. The molecule has 5 heteroatoms. The van der Waals surface area contributed by atoms with E-state index < -0.39 is 0 Å². The number of unbranched alkanes of at least 4 members (excludes halogenated alkanes) is 1. The monoisotopic (exact) mass is 557 g/mol. The number of fused-ring (bicyclic) bond motifs is 5. The molecule has 0 amide bonds. The van der Waals surface area contributed by atoms with Crippen LogP contribution in [-0.2, 0) is 4.79 Å². The summed E-state index contributed by atoms with van der Waals surface area (Å²) in [6.07, 6.45) is 17.8. The zero-order valence-corrected chi connectivity index (χ0v) is 26.6. The molecule has 0 radical (unpaired) electrons. The average Bonchev–Trinajstić information content (AvgIpc) is 3.27. The number of hydrogen-bond acceptors (Lipinski definition) is 5. The Morgan fingerprint density at radius 1 is 1.00 bits per heavy atom. The molecule has 0 spiro atoms. The van der Waals surface area contributed by atoms with Crippen molar-refractivity contribution in [3.63, 3.8) is 0 Å². The summed E-state index contributed by atoms with van der Waals surface area (Å²) in [4.78, 5) is 11.7. The van der Waals surface area contributed by atoms with Gasteiger partial charge in [-0.25, -0.2) is 0 Å². The number of hydrogen-bond donors (Lipinski definition) is 4. The highest BCUT2D eigenvalue weighted by molar-refractivity contribution is 5.77. The molecule has 0 aromatic carbocycles. The van der Waals surface area contributed by atoms with Crippen molar-refractivity contribution in [3.8, 4) is 0 Å². The van der Waals surface area contributed by atoms with Gasteiger partial charge in [0, 0.05) is 12.0 Å². The van der Waals surface area contributed by atoms with Gasteiger partial charge >= 0.3 is 0 Å². The fourth-order valence-electron chi connectivity index (χ4n) is 9.99. The molecule has 5 N–H and O–H groups in total. The number of nitrogens with two attached hydrogens (primary N) is 1. The molecule has 4 aliphatic rings. The van der Waals surface area contributed by atoms with Crippen LogP contribution in [0.4, 0.5) is 0 Å². The standard InChI is InChI=1S/C35H63N3O2/c1-24(26(3)39)10-8-11-25(2)29-12-13-30-33-31(15-17-35(29,30)5)34(4)16-14-28(22-27(34)23-32(33)40)38-21-9-20-37-19-7-6-18-36/h23-25,28-33,37-38,40H,6-22,36H2,1-5H3/t24?,25-,28+,29-,30?,31?,32-,33?,34+,35-/m1/s1. The summed E-state index contributed by atoms with van der Waals surface area (Å²) in [5, 5.41) is 19.1. The summed E-state index contributed by atoms with van der Waals surface area (Å²) in [5.74, 6) is 3.70. The van der Waals surface area contributed by atoms with Crippen molar-refractivity contribution >= 4 is 5.78 Å². The molecule has 3 saturated carbocycles. The highest BCUT2D eigenvalue weighted by Crippen LogP contribution is 2.67. The molecule has 0 bridgehead atoms. The largest absolute Gasteiger partial charge is 0.389 e. The third-order valence-electron chi connectivity index (χ3n) is 12.7. The summed E-state index contributed by atoms with van der Waals surface area (Å²) in [6, 6.07) is 0.552. The minimum Gasteiger partial charge on any atom is -0.389 e. The molecule has 4 rings (SSSR count). The van der Waals surface area contributed by atoms with E-state index >= 15 is 0 Å². The molecule has 10 atom stereocenters. The maximum atomic E-state index is 11.7. The number of aliphatic hydroxyl groups excluding tert-OH is 1. The SMILES string of the molecule is CC(=O)C(C)CCC[C@@H](C)[C@H]1CCC2C3C(CC[C@@]21C)[C@@]1(C)CC[C@H](NCCCNCCCCN)CC1=C[C@H]3O. The molecule has 0 heterocycles. The minimum absolute atomic E-state index is 0.201. The molecule has 40 heavy (non-hydrogen) atoms. The molecule has 230 valence electrons. The van der Waals surface area contributed by atoms with Crippen LogP contribution in [0.1, 0.15) is 118 Å². The van der Waals surface area contributed by atoms with Gasteiger partial charge < -0.3 is 21.5 Å². The second-order valence-corrected chi connectivity index (χ2v) is 15.0. The Morgan fingerprint density at radius 2 is 1.77 bits per heavy atom. The van der Waals surface area contributed by atoms with E-state index in [9.17, 15) is 9.90 Å². The van der Waals surface area contributed by atoms with Gasteiger partial charge in [-0.05, 0) is 144 Å². The van der Waals surface area contributed by atoms with Gasteiger partial charge in [-0.1, -0.05) is 52.2 Å². The number of carbonyl (C=O) groups is 1. The first-order valence-electron chi connectivity index (χ1n) is 17.2. The van der Waals surface area contributed by atoms with E-state index in [-0.39, 0.29) is 17.4 Å². The van der Waals surface area contributed by atoms with E-state index in [2.05, 4.69) is 44.4 Å². The molecule has 4 unspecified atom stereocenters. The van der Waals surface area contributed by atoms with Crippen LogP contribution in [-0.4, -0.2) is 49.2 Å². The normalized spacial score (nSPS) is 38.6. The predicted molar refractivity (Wildman–Crippen MR) is 167 cm³/mol. The fraction of sp³-hybridized carbons (Fsp3) is 0.914. The molecule has 4 aliphatic carbocycles. The molecular weight excluding hydrogens is 494 g/mol. The highest BCUT2D eigenvalue weighted by Gasteiger charge is 2.61. The topological polar surface area (TPSA) is 87.4 Å². The van der Waals surface area contributed by atoms with E-state index in [4.69, 9.17) is 5.73 Å². The first-order valence-corrected chi connectivity index (χ1v) is 17.2. The van der Waals surface area contributed by atoms with E-state index in [1.54, 1.807) is 12.5 Å². The summed E-state index contributed by atoms with van der Waals surface area (Å²) in [5.41, 5.74) is 7.75. The lowest BCUT2D eigenvalue weighted by Crippen LogP contribution is -2.55. The van der Waals surface area contributed by atoms with Crippen LogP contribution in [0.3, 0.4) is 0 Å². The van der Waals surface area contributed by atoms with Gasteiger partial charge in [0.05, 0.1) is 6.10 Å². The number of aliphatic hydroxyl groups is 1. The Bertz CT molecular complexity index is 860. The Kier molecular flexibility index (Phi) is 11.4. The van der Waals surface area contributed by atoms with Crippen LogP contribution in [0.15, 0.2) is 11.6 Å². The van der Waals surface area contributed by atoms with Crippen molar-refractivity contribution in [2.24, 2.45) is 52.1 Å². The Hall–Kier alpha value is -0.750. The van der Waals surface area contributed by atoms with Crippen LogP contribution in [0.2, 0.25) is 0 Å². The summed E-state index contributed by atoms with van der Waals surface area (Å²) < 4.78 is 0. The number of nitrogens with one attached hydrogen (secondary N) is 2. The van der Waals surface area contributed by atoms with E-state index in [0.717, 1.165) is 51.4 Å². The van der Waals surface area contributed by atoms with Crippen molar-refractivity contribution in [1.29, 1.82) is 0 Å². The van der Waals surface area contributed by atoms with Crippen LogP contribution in [0, 0.1) is 46.3 Å². The van der Waals surface area contributed by atoms with Crippen LogP contribution >= 0.6 is 0 Å². The van der Waals surface area contributed by atoms with Crippen LogP contribution in [0.5, 0.6) is 0 Å². The molecular formula is C35H63N3O2. The van der Waals surface area contributed by atoms with E-state index in [1.165, 1.54) is 64.2 Å². The first kappa shape index (κ1) is 32.2. The highest BCUT2D eigenvalue weighted by atomic mass is 16.3. The van der Waals surface area contributed by atoms with Gasteiger partial charge in [0.2, 0.25) is 0 Å². The van der Waals surface area contributed by atoms with Gasteiger partial charge in [-0.2, -0.15) is 0 Å². The zero-order valence-electron chi connectivity index (χ0n) is 26.6. The second kappa shape index (κ2) is 14.1. The van der Waals surface area contributed by atoms with Crippen molar-refractivity contribution in [3.05, 3.63) is 11.6 Å². The van der Waals surface area contributed by atoms with E-state index in [1.807, 2.05) is 0 Å².